The Bertz CT molecular complexity index is 465. The maximum Gasteiger partial charge on any atom is 0.185 e. The predicted octanol–water partition coefficient (Wildman–Crippen LogP) is 2.76. The standard InChI is InChI=1S/C11H14N2OS/c1-4-14-8-5-6-9-10(7-8)15-11(12-9)13(2)3/h5-7H,4H2,1-3H3. The summed E-state index contributed by atoms with van der Waals surface area (Å²) in [5, 5.41) is 1.03. The van der Waals surface area contributed by atoms with Gasteiger partial charge in [-0.05, 0) is 25.1 Å². The van der Waals surface area contributed by atoms with Crippen LogP contribution < -0.4 is 9.64 Å². The molecule has 2 aromatic rings. The van der Waals surface area contributed by atoms with Crippen LogP contribution in [0.4, 0.5) is 5.13 Å². The van der Waals surface area contributed by atoms with Crippen LogP contribution in [-0.2, 0) is 0 Å². The molecule has 0 atom stereocenters. The summed E-state index contributed by atoms with van der Waals surface area (Å²) in [4.78, 5) is 6.52. The third kappa shape index (κ3) is 2.04. The number of fused-ring (bicyclic) bond motifs is 1. The van der Waals surface area contributed by atoms with Gasteiger partial charge < -0.3 is 9.64 Å². The van der Waals surface area contributed by atoms with Gasteiger partial charge in [0.1, 0.15) is 5.75 Å². The lowest BCUT2D eigenvalue weighted by Crippen LogP contribution is -2.07. The third-order valence-corrected chi connectivity index (χ3v) is 3.23. The smallest absolute Gasteiger partial charge is 0.185 e. The summed E-state index contributed by atoms with van der Waals surface area (Å²) in [5.41, 5.74) is 1.03. The molecule has 0 fully saturated rings. The van der Waals surface area contributed by atoms with Crippen molar-refractivity contribution in [2.24, 2.45) is 0 Å². The van der Waals surface area contributed by atoms with Gasteiger partial charge in [0.15, 0.2) is 5.13 Å². The molecule has 0 spiro atoms. The SMILES string of the molecule is CCOc1ccc2nc(N(C)C)sc2c1. The van der Waals surface area contributed by atoms with Gasteiger partial charge in [-0.2, -0.15) is 0 Å². The van der Waals surface area contributed by atoms with Crippen LogP contribution in [0.3, 0.4) is 0 Å². The van der Waals surface area contributed by atoms with Gasteiger partial charge in [0.05, 0.1) is 16.8 Å². The van der Waals surface area contributed by atoms with Crippen molar-refractivity contribution in [1.82, 2.24) is 4.98 Å². The zero-order valence-electron chi connectivity index (χ0n) is 9.15. The van der Waals surface area contributed by atoms with Crippen molar-refractivity contribution in [3.8, 4) is 5.75 Å². The van der Waals surface area contributed by atoms with Gasteiger partial charge in [0, 0.05) is 14.1 Å². The molecule has 0 bridgehead atoms. The highest BCUT2D eigenvalue weighted by atomic mass is 32.1. The minimum atomic E-state index is 0.699. The molecule has 4 heteroatoms. The second kappa shape index (κ2) is 4.06. The van der Waals surface area contributed by atoms with E-state index in [9.17, 15) is 0 Å². The van der Waals surface area contributed by atoms with Gasteiger partial charge in [0.25, 0.3) is 0 Å². The van der Waals surface area contributed by atoms with Crippen LogP contribution in [0.15, 0.2) is 18.2 Å². The van der Waals surface area contributed by atoms with Crippen molar-refractivity contribution in [1.29, 1.82) is 0 Å². The first-order valence-corrected chi connectivity index (χ1v) is 5.73. The highest BCUT2D eigenvalue weighted by Crippen LogP contribution is 2.30. The van der Waals surface area contributed by atoms with Crippen LogP contribution in [0.5, 0.6) is 5.75 Å². The number of nitrogens with zero attached hydrogens (tertiary/aromatic N) is 2. The number of rotatable bonds is 3. The molecule has 1 aromatic heterocycles. The maximum atomic E-state index is 5.45. The molecule has 2 rings (SSSR count). The number of ether oxygens (including phenoxy) is 1. The van der Waals surface area contributed by atoms with E-state index in [4.69, 9.17) is 4.74 Å². The first kappa shape index (κ1) is 10.2. The van der Waals surface area contributed by atoms with Crippen LogP contribution in [0.25, 0.3) is 10.2 Å². The monoisotopic (exact) mass is 222 g/mol. The molecule has 0 aliphatic carbocycles. The first-order chi connectivity index (χ1) is 7.20. The Morgan fingerprint density at radius 2 is 2.20 bits per heavy atom. The molecule has 0 unspecified atom stereocenters. The van der Waals surface area contributed by atoms with Gasteiger partial charge in [0.2, 0.25) is 0 Å². The van der Waals surface area contributed by atoms with Crippen molar-refractivity contribution in [3.05, 3.63) is 18.2 Å². The maximum absolute atomic E-state index is 5.45. The van der Waals surface area contributed by atoms with E-state index in [1.165, 1.54) is 4.70 Å². The number of hydrogen-bond donors (Lipinski definition) is 0. The molecule has 0 aliphatic heterocycles. The van der Waals surface area contributed by atoms with Crippen LogP contribution >= 0.6 is 11.3 Å². The lowest BCUT2D eigenvalue weighted by Gasteiger charge is -2.04. The van der Waals surface area contributed by atoms with Crippen molar-refractivity contribution >= 4 is 26.7 Å². The number of benzene rings is 1. The largest absolute Gasteiger partial charge is 0.494 e. The Morgan fingerprint density at radius 3 is 2.87 bits per heavy atom. The molecule has 15 heavy (non-hydrogen) atoms. The number of thiazole rings is 1. The highest BCUT2D eigenvalue weighted by Gasteiger charge is 2.05. The van der Waals surface area contributed by atoms with E-state index < -0.39 is 0 Å². The number of aromatic nitrogens is 1. The van der Waals surface area contributed by atoms with Crippen molar-refractivity contribution in [2.75, 3.05) is 25.6 Å². The molecule has 1 heterocycles. The van der Waals surface area contributed by atoms with Gasteiger partial charge in [-0.1, -0.05) is 11.3 Å². The number of anilines is 1. The van der Waals surface area contributed by atoms with Crippen molar-refractivity contribution in [2.45, 2.75) is 6.92 Å². The first-order valence-electron chi connectivity index (χ1n) is 4.91. The average molecular weight is 222 g/mol. The van der Waals surface area contributed by atoms with Crippen LogP contribution in [0.2, 0.25) is 0 Å². The minimum Gasteiger partial charge on any atom is -0.494 e. The van der Waals surface area contributed by atoms with Gasteiger partial charge in [-0.15, -0.1) is 0 Å². The van der Waals surface area contributed by atoms with Gasteiger partial charge >= 0.3 is 0 Å². The second-order valence-electron chi connectivity index (χ2n) is 3.45. The van der Waals surface area contributed by atoms with E-state index in [1.807, 2.05) is 44.1 Å². The topological polar surface area (TPSA) is 25.4 Å². The Kier molecular flexibility index (Phi) is 2.77. The molecule has 3 nitrogen and oxygen atoms in total. The second-order valence-corrected chi connectivity index (χ2v) is 4.46. The fraction of sp³-hybridized carbons (Fsp3) is 0.364. The summed E-state index contributed by atoms with van der Waals surface area (Å²) in [6.45, 7) is 2.69. The average Bonchev–Trinajstić information content (AvgIpc) is 2.61. The van der Waals surface area contributed by atoms with Crippen molar-refractivity contribution in [3.63, 3.8) is 0 Å². The summed E-state index contributed by atoms with van der Waals surface area (Å²) in [6.07, 6.45) is 0. The molecule has 0 radical (unpaired) electrons. The van der Waals surface area contributed by atoms with E-state index in [-0.39, 0.29) is 0 Å². The van der Waals surface area contributed by atoms with Crippen LogP contribution in [-0.4, -0.2) is 25.7 Å². The molecule has 0 N–H and O–H groups in total. The molecule has 0 saturated carbocycles. The number of hydrogen-bond acceptors (Lipinski definition) is 4. The highest BCUT2D eigenvalue weighted by molar-refractivity contribution is 7.22. The summed E-state index contributed by atoms with van der Waals surface area (Å²) < 4.78 is 6.62. The zero-order valence-corrected chi connectivity index (χ0v) is 9.97. The normalized spacial score (nSPS) is 10.6. The molecule has 80 valence electrons. The predicted molar refractivity (Wildman–Crippen MR) is 65.1 cm³/mol. The fourth-order valence-electron chi connectivity index (χ4n) is 1.34. The molecule has 1 aromatic carbocycles. The van der Waals surface area contributed by atoms with Crippen molar-refractivity contribution < 1.29 is 4.74 Å². The molecule has 0 aliphatic rings. The molecular formula is C11H14N2OS. The molecule has 0 amide bonds. The van der Waals surface area contributed by atoms with E-state index in [0.717, 1.165) is 16.4 Å². The van der Waals surface area contributed by atoms with Crippen LogP contribution in [0, 0.1) is 0 Å². The Balaban J connectivity index is 2.43. The molecular weight excluding hydrogens is 208 g/mol. The minimum absolute atomic E-state index is 0.699. The lowest BCUT2D eigenvalue weighted by atomic mass is 10.3. The summed E-state index contributed by atoms with van der Waals surface area (Å²) >= 11 is 1.68. The van der Waals surface area contributed by atoms with Crippen LogP contribution in [0.1, 0.15) is 6.92 Å². The Hall–Kier alpha value is -1.29. The lowest BCUT2D eigenvalue weighted by molar-refractivity contribution is 0.341. The van der Waals surface area contributed by atoms with Gasteiger partial charge in [-0.25, -0.2) is 4.98 Å². The zero-order chi connectivity index (χ0) is 10.8. The van der Waals surface area contributed by atoms with E-state index in [1.54, 1.807) is 11.3 Å². The van der Waals surface area contributed by atoms with Gasteiger partial charge in [-0.3, -0.25) is 0 Å². The summed E-state index contributed by atoms with van der Waals surface area (Å²) in [7, 11) is 4.00. The fourth-order valence-corrected chi connectivity index (χ4v) is 2.26. The Labute approximate surface area is 93.3 Å². The third-order valence-electron chi connectivity index (χ3n) is 2.04. The summed E-state index contributed by atoms with van der Waals surface area (Å²) in [6, 6.07) is 6.01. The molecule has 0 saturated heterocycles. The Morgan fingerprint density at radius 1 is 1.40 bits per heavy atom. The van der Waals surface area contributed by atoms with E-state index >= 15 is 0 Å². The quantitative estimate of drug-likeness (QED) is 0.798. The summed E-state index contributed by atoms with van der Waals surface area (Å²) in [5.74, 6) is 0.916. The van der Waals surface area contributed by atoms with E-state index in [0.29, 0.717) is 6.61 Å². The van der Waals surface area contributed by atoms with E-state index in [2.05, 4.69) is 4.98 Å².